The van der Waals surface area contributed by atoms with Crippen molar-refractivity contribution >= 4 is 49.1 Å². The molecule has 4 aromatic rings. The minimum Gasteiger partial charge on any atom is -0.462 e. The number of nitrogens with zero attached hydrogens (tertiary/aromatic N) is 2. The largest absolute Gasteiger partial charge is 0.462 e. The van der Waals surface area contributed by atoms with Gasteiger partial charge >= 0.3 is 5.97 Å². The Bertz CT molecular complexity index is 1360. The van der Waals surface area contributed by atoms with Crippen LogP contribution in [0.3, 0.4) is 0 Å². The number of esters is 1. The van der Waals surface area contributed by atoms with Crippen molar-refractivity contribution in [2.75, 3.05) is 11.9 Å². The van der Waals surface area contributed by atoms with Crippen LogP contribution in [0.4, 0.5) is 5.69 Å². The molecule has 164 valence electrons. The predicted octanol–water partition coefficient (Wildman–Crippen LogP) is 4.52. The monoisotopic (exact) mass is 449 g/mol. The molecule has 0 radical (unpaired) electrons. The SMILES string of the molecule is CCOC(=O)c1ccc(NC(=O)CCCn2nc(C)c3sc4ccccc4c3c2=O)cc1. The van der Waals surface area contributed by atoms with Gasteiger partial charge in [0.25, 0.3) is 5.56 Å². The Morgan fingerprint density at radius 2 is 1.88 bits per heavy atom. The first-order chi connectivity index (χ1) is 15.5. The number of hydrogen-bond donors (Lipinski definition) is 1. The van der Waals surface area contributed by atoms with E-state index in [0.29, 0.717) is 36.2 Å². The first-order valence-electron chi connectivity index (χ1n) is 10.4. The number of fused-ring (bicyclic) bond motifs is 3. The summed E-state index contributed by atoms with van der Waals surface area (Å²) in [7, 11) is 0. The minimum absolute atomic E-state index is 0.127. The van der Waals surface area contributed by atoms with E-state index in [4.69, 9.17) is 4.74 Å². The third kappa shape index (κ3) is 4.40. The summed E-state index contributed by atoms with van der Waals surface area (Å²) in [5, 5.41) is 8.91. The van der Waals surface area contributed by atoms with Crippen molar-refractivity contribution in [1.82, 2.24) is 9.78 Å². The quantitative estimate of drug-likeness (QED) is 0.419. The second-order valence-corrected chi connectivity index (χ2v) is 8.42. The van der Waals surface area contributed by atoms with Gasteiger partial charge in [-0.3, -0.25) is 9.59 Å². The van der Waals surface area contributed by atoms with E-state index < -0.39 is 5.97 Å². The number of hydrogen-bond acceptors (Lipinski definition) is 6. The summed E-state index contributed by atoms with van der Waals surface area (Å²) >= 11 is 1.58. The summed E-state index contributed by atoms with van der Waals surface area (Å²) in [5.41, 5.74) is 1.72. The number of aryl methyl sites for hydroxylation is 2. The fraction of sp³-hybridized carbons (Fsp3) is 0.250. The lowest BCUT2D eigenvalue weighted by Crippen LogP contribution is -2.24. The number of nitrogens with one attached hydrogen (secondary N) is 1. The second kappa shape index (κ2) is 9.32. The molecule has 1 amide bonds. The third-order valence-corrected chi connectivity index (χ3v) is 6.38. The van der Waals surface area contributed by atoms with Crippen molar-refractivity contribution < 1.29 is 14.3 Å². The molecule has 7 nitrogen and oxygen atoms in total. The molecule has 0 aliphatic carbocycles. The van der Waals surface area contributed by atoms with Gasteiger partial charge in [-0.15, -0.1) is 11.3 Å². The van der Waals surface area contributed by atoms with E-state index in [0.717, 1.165) is 20.5 Å². The molecule has 0 saturated carbocycles. The van der Waals surface area contributed by atoms with Crippen LogP contribution in [0.15, 0.2) is 53.3 Å². The van der Waals surface area contributed by atoms with Crippen molar-refractivity contribution in [2.45, 2.75) is 33.2 Å². The average Bonchev–Trinajstić information content (AvgIpc) is 3.18. The second-order valence-electron chi connectivity index (χ2n) is 7.37. The van der Waals surface area contributed by atoms with Crippen LogP contribution in [0.5, 0.6) is 0 Å². The Labute approximate surface area is 188 Å². The maximum atomic E-state index is 13.0. The molecule has 0 bridgehead atoms. The fourth-order valence-corrected chi connectivity index (χ4v) is 4.72. The Hall–Kier alpha value is -3.52. The summed E-state index contributed by atoms with van der Waals surface area (Å²) in [5.74, 6) is -0.560. The first-order valence-corrected chi connectivity index (χ1v) is 11.3. The van der Waals surface area contributed by atoms with Crippen LogP contribution < -0.4 is 10.9 Å². The zero-order valence-electron chi connectivity index (χ0n) is 17.9. The van der Waals surface area contributed by atoms with Crippen molar-refractivity contribution in [3.05, 3.63) is 70.1 Å². The average molecular weight is 450 g/mol. The van der Waals surface area contributed by atoms with E-state index in [2.05, 4.69) is 10.4 Å². The van der Waals surface area contributed by atoms with Gasteiger partial charge in [-0.2, -0.15) is 5.10 Å². The lowest BCUT2D eigenvalue weighted by Gasteiger charge is -2.08. The molecular formula is C24H23N3O4S. The van der Waals surface area contributed by atoms with Crippen molar-refractivity contribution in [3.8, 4) is 0 Å². The molecule has 0 aliphatic rings. The van der Waals surface area contributed by atoms with Gasteiger partial charge in [0.15, 0.2) is 0 Å². The Morgan fingerprint density at radius 3 is 2.62 bits per heavy atom. The fourth-order valence-electron chi connectivity index (χ4n) is 3.58. The van der Waals surface area contributed by atoms with E-state index >= 15 is 0 Å². The molecule has 0 aliphatic heterocycles. The van der Waals surface area contributed by atoms with E-state index in [1.807, 2.05) is 31.2 Å². The summed E-state index contributed by atoms with van der Waals surface area (Å²) in [6.45, 7) is 4.32. The standard InChI is InChI=1S/C24H23N3O4S/c1-3-31-24(30)16-10-12-17(13-11-16)25-20(28)9-6-14-27-23(29)21-18-7-4-5-8-19(18)32-22(21)15(2)26-27/h4-5,7-8,10-13H,3,6,9,14H2,1-2H3,(H,25,28). The number of benzene rings is 2. The van der Waals surface area contributed by atoms with Crippen molar-refractivity contribution in [2.24, 2.45) is 0 Å². The number of rotatable bonds is 7. The number of ether oxygens (including phenoxy) is 1. The van der Waals surface area contributed by atoms with Gasteiger partial charge in [0.05, 0.1) is 28.0 Å². The number of carbonyl (C=O) groups is 2. The third-order valence-electron chi connectivity index (χ3n) is 5.10. The molecule has 2 heterocycles. The van der Waals surface area contributed by atoms with Crippen LogP contribution in [-0.2, 0) is 16.1 Å². The van der Waals surface area contributed by atoms with Gasteiger partial charge in [0, 0.05) is 28.7 Å². The zero-order valence-corrected chi connectivity index (χ0v) is 18.7. The molecule has 2 aromatic carbocycles. The van der Waals surface area contributed by atoms with Gasteiger partial charge in [0.2, 0.25) is 5.91 Å². The predicted molar refractivity (Wildman–Crippen MR) is 126 cm³/mol. The highest BCUT2D eigenvalue weighted by atomic mass is 32.1. The molecule has 0 spiro atoms. The van der Waals surface area contributed by atoms with Crippen LogP contribution in [0.25, 0.3) is 20.2 Å². The lowest BCUT2D eigenvalue weighted by atomic mass is 10.2. The molecule has 8 heteroatoms. The molecule has 2 aromatic heterocycles. The Morgan fingerprint density at radius 1 is 1.12 bits per heavy atom. The Kier molecular flexibility index (Phi) is 6.32. The van der Waals surface area contributed by atoms with E-state index in [1.54, 1.807) is 42.5 Å². The van der Waals surface area contributed by atoms with E-state index in [9.17, 15) is 14.4 Å². The van der Waals surface area contributed by atoms with Gasteiger partial charge < -0.3 is 10.1 Å². The molecule has 0 unspecified atom stereocenters. The smallest absolute Gasteiger partial charge is 0.338 e. The minimum atomic E-state index is -0.394. The van der Waals surface area contributed by atoms with Gasteiger partial charge in [-0.05, 0) is 50.6 Å². The number of aromatic nitrogens is 2. The summed E-state index contributed by atoms with van der Waals surface area (Å²) < 4.78 is 8.38. The lowest BCUT2D eigenvalue weighted by molar-refractivity contribution is -0.116. The van der Waals surface area contributed by atoms with Crippen LogP contribution >= 0.6 is 11.3 Å². The molecule has 0 saturated heterocycles. The van der Waals surface area contributed by atoms with Crippen LogP contribution in [0.1, 0.15) is 35.8 Å². The highest BCUT2D eigenvalue weighted by molar-refractivity contribution is 7.26. The van der Waals surface area contributed by atoms with Crippen molar-refractivity contribution in [1.29, 1.82) is 0 Å². The normalized spacial score (nSPS) is 11.1. The van der Waals surface area contributed by atoms with Crippen LogP contribution in [-0.4, -0.2) is 28.3 Å². The Balaban J connectivity index is 1.40. The first kappa shape index (κ1) is 21.7. The van der Waals surface area contributed by atoms with E-state index in [-0.39, 0.29) is 17.9 Å². The number of carbonyl (C=O) groups excluding carboxylic acids is 2. The van der Waals surface area contributed by atoms with E-state index in [1.165, 1.54) is 4.68 Å². The number of anilines is 1. The topological polar surface area (TPSA) is 90.3 Å². The number of amides is 1. The molecule has 4 rings (SSSR count). The molecule has 0 fully saturated rings. The van der Waals surface area contributed by atoms with Gasteiger partial charge in [-0.25, -0.2) is 9.48 Å². The molecule has 0 atom stereocenters. The summed E-state index contributed by atoms with van der Waals surface area (Å²) in [6, 6.07) is 14.4. The maximum absolute atomic E-state index is 13.0. The molecule has 1 N–H and O–H groups in total. The van der Waals surface area contributed by atoms with Crippen LogP contribution in [0.2, 0.25) is 0 Å². The maximum Gasteiger partial charge on any atom is 0.338 e. The van der Waals surface area contributed by atoms with Gasteiger partial charge in [-0.1, -0.05) is 18.2 Å². The summed E-state index contributed by atoms with van der Waals surface area (Å²) in [4.78, 5) is 37.0. The van der Waals surface area contributed by atoms with Crippen molar-refractivity contribution in [3.63, 3.8) is 0 Å². The summed E-state index contributed by atoms with van der Waals surface area (Å²) in [6.07, 6.45) is 0.724. The highest BCUT2D eigenvalue weighted by Crippen LogP contribution is 2.32. The van der Waals surface area contributed by atoms with Crippen LogP contribution in [0, 0.1) is 6.92 Å². The van der Waals surface area contributed by atoms with Gasteiger partial charge in [0.1, 0.15) is 0 Å². The molecular weight excluding hydrogens is 426 g/mol. The molecule has 32 heavy (non-hydrogen) atoms. The highest BCUT2D eigenvalue weighted by Gasteiger charge is 2.14. The zero-order chi connectivity index (χ0) is 22.7. The number of thiophene rings is 1.